The lowest BCUT2D eigenvalue weighted by Gasteiger charge is -2.11. The van der Waals surface area contributed by atoms with Gasteiger partial charge in [0.2, 0.25) is 0 Å². The quantitative estimate of drug-likeness (QED) is 0.588. The van der Waals surface area contributed by atoms with E-state index in [2.05, 4.69) is 25.6 Å². The summed E-state index contributed by atoms with van der Waals surface area (Å²) in [6, 6.07) is 0. The molecule has 2 nitrogen and oxygen atoms in total. The van der Waals surface area contributed by atoms with Gasteiger partial charge in [0.1, 0.15) is 0 Å². The summed E-state index contributed by atoms with van der Waals surface area (Å²) in [4.78, 5) is 4.50. The van der Waals surface area contributed by atoms with Crippen LogP contribution in [0.5, 0.6) is 0 Å². The summed E-state index contributed by atoms with van der Waals surface area (Å²) in [5, 5.41) is 0. The highest BCUT2D eigenvalue weighted by atomic mass is 16.6. The first-order valence-electron chi connectivity index (χ1n) is 3.48. The predicted octanol–water partition coefficient (Wildman–Crippen LogP) is 1.56. The summed E-state index contributed by atoms with van der Waals surface area (Å²) in [6.07, 6.45) is 1.19. The Balaban J connectivity index is 3.15. The second-order valence-electron chi connectivity index (χ2n) is 3.07. The molecular weight excluding hydrogens is 114 g/mol. The van der Waals surface area contributed by atoms with Crippen molar-refractivity contribution in [3.63, 3.8) is 0 Å². The molecule has 1 unspecified atom stereocenters. The minimum absolute atomic E-state index is 0.593. The molecule has 0 aliphatic carbocycles. The monoisotopic (exact) mass is 131 g/mol. The second-order valence-corrected chi connectivity index (χ2v) is 3.07. The van der Waals surface area contributed by atoms with Crippen LogP contribution in [0.3, 0.4) is 0 Å². The van der Waals surface area contributed by atoms with Crippen LogP contribution >= 0.6 is 0 Å². The summed E-state index contributed by atoms with van der Waals surface area (Å²) in [5.74, 6) is 6.24. The summed E-state index contributed by atoms with van der Waals surface area (Å²) >= 11 is 0. The van der Waals surface area contributed by atoms with Crippen molar-refractivity contribution < 1.29 is 4.84 Å². The highest BCUT2D eigenvalue weighted by Crippen LogP contribution is 2.09. The second kappa shape index (κ2) is 4.77. The maximum Gasteiger partial charge on any atom is 0.0704 e. The lowest BCUT2D eigenvalue weighted by molar-refractivity contribution is 0.0995. The van der Waals surface area contributed by atoms with E-state index in [9.17, 15) is 0 Å². The summed E-state index contributed by atoms with van der Waals surface area (Å²) in [5.41, 5.74) is 0. The molecule has 0 bridgehead atoms. The van der Waals surface area contributed by atoms with Gasteiger partial charge in [-0.25, -0.2) is 5.90 Å². The average molecular weight is 131 g/mol. The number of hydrogen-bond acceptors (Lipinski definition) is 2. The van der Waals surface area contributed by atoms with Crippen LogP contribution in [0, 0.1) is 11.8 Å². The molecule has 0 saturated heterocycles. The van der Waals surface area contributed by atoms with Gasteiger partial charge in [0.15, 0.2) is 0 Å². The molecule has 0 aliphatic rings. The van der Waals surface area contributed by atoms with Crippen LogP contribution in [0.4, 0.5) is 0 Å². The van der Waals surface area contributed by atoms with Crippen LogP contribution in [0.25, 0.3) is 0 Å². The van der Waals surface area contributed by atoms with Crippen LogP contribution in [0.2, 0.25) is 0 Å². The number of nitrogens with two attached hydrogens (primary N) is 1. The fourth-order valence-electron chi connectivity index (χ4n) is 1.04. The van der Waals surface area contributed by atoms with Crippen molar-refractivity contribution in [3.8, 4) is 0 Å². The van der Waals surface area contributed by atoms with Crippen LogP contribution in [-0.4, -0.2) is 6.61 Å². The van der Waals surface area contributed by atoms with Gasteiger partial charge in [-0.3, -0.25) is 0 Å². The first-order valence-corrected chi connectivity index (χ1v) is 3.48. The zero-order valence-corrected chi connectivity index (χ0v) is 6.55. The topological polar surface area (TPSA) is 35.2 Å². The molecule has 0 rings (SSSR count). The Morgan fingerprint density at radius 3 is 2.22 bits per heavy atom. The van der Waals surface area contributed by atoms with Crippen molar-refractivity contribution in [2.24, 2.45) is 17.7 Å². The molecule has 0 heterocycles. The molecule has 1 atom stereocenters. The van der Waals surface area contributed by atoms with Crippen LogP contribution in [-0.2, 0) is 4.84 Å². The van der Waals surface area contributed by atoms with E-state index in [0.29, 0.717) is 12.5 Å². The molecule has 0 aromatic rings. The smallest absolute Gasteiger partial charge is 0.0704 e. The first-order chi connectivity index (χ1) is 4.16. The van der Waals surface area contributed by atoms with Crippen LogP contribution in [0.15, 0.2) is 0 Å². The van der Waals surface area contributed by atoms with E-state index in [-0.39, 0.29) is 0 Å². The lowest BCUT2D eigenvalue weighted by atomic mass is 10.0. The molecule has 0 spiro atoms. The Kier molecular flexibility index (Phi) is 4.72. The third-order valence-electron chi connectivity index (χ3n) is 1.25. The lowest BCUT2D eigenvalue weighted by Crippen LogP contribution is -2.11. The van der Waals surface area contributed by atoms with E-state index in [1.807, 2.05) is 0 Å². The summed E-state index contributed by atoms with van der Waals surface area (Å²) < 4.78 is 0. The van der Waals surface area contributed by atoms with Gasteiger partial charge in [-0.05, 0) is 18.3 Å². The SMILES string of the molecule is CC(C)CC(C)CON. The summed E-state index contributed by atoms with van der Waals surface area (Å²) in [6.45, 7) is 7.23. The van der Waals surface area contributed by atoms with E-state index in [1.54, 1.807) is 0 Å². The predicted molar refractivity (Wildman–Crippen MR) is 38.8 cm³/mol. The largest absolute Gasteiger partial charge is 0.304 e. The number of hydrogen-bond donors (Lipinski definition) is 1. The van der Waals surface area contributed by atoms with Crippen molar-refractivity contribution >= 4 is 0 Å². The summed E-state index contributed by atoms with van der Waals surface area (Å²) in [7, 11) is 0. The fraction of sp³-hybridized carbons (Fsp3) is 1.00. The fourth-order valence-corrected chi connectivity index (χ4v) is 1.04. The van der Waals surface area contributed by atoms with E-state index >= 15 is 0 Å². The highest BCUT2D eigenvalue weighted by molar-refractivity contribution is 4.53. The van der Waals surface area contributed by atoms with E-state index in [1.165, 1.54) is 6.42 Å². The molecule has 0 saturated carbocycles. The minimum atomic E-state index is 0.593. The minimum Gasteiger partial charge on any atom is -0.304 e. The van der Waals surface area contributed by atoms with E-state index in [4.69, 9.17) is 5.90 Å². The van der Waals surface area contributed by atoms with Crippen LogP contribution in [0.1, 0.15) is 27.2 Å². The molecule has 56 valence electrons. The Bertz CT molecular complexity index is 63.9. The van der Waals surface area contributed by atoms with Gasteiger partial charge in [0, 0.05) is 0 Å². The molecule has 0 aromatic heterocycles. The molecule has 0 aromatic carbocycles. The molecular formula is C7H17NO. The normalized spacial score (nSPS) is 14.3. The number of rotatable bonds is 4. The van der Waals surface area contributed by atoms with Crippen LogP contribution < -0.4 is 5.90 Å². The molecule has 0 radical (unpaired) electrons. The van der Waals surface area contributed by atoms with Crippen molar-refractivity contribution in [1.29, 1.82) is 0 Å². The highest BCUT2D eigenvalue weighted by Gasteiger charge is 2.03. The molecule has 2 N–H and O–H groups in total. The van der Waals surface area contributed by atoms with Crippen molar-refractivity contribution in [2.45, 2.75) is 27.2 Å². The Hall–Kier alpha value is -0.0800. The zero-order chi connectivity index (χ0) is 7.28. The average Bonchev–Trinajstić information content (AvgIpc) is 1.63. The molecule has 2 heteroatoms. The van der Waals surface area contributed by atoms with Gasteiger partial charge in [0.25, 0.3) is 0 Å². The molecule has 0 fully saturated rings. The maximum atomic E-state index is 4.91. The molecule has 9 heavy (non-hydrogen) atoms. The standard InChI is InChI=1S/C7H17NO/c1-6(2)4-7(3)5-9-8/h6-7H,4-5,8H2,1-3H3. The first kappa shape index (κ1) is 8.92. The van der Waals surface area contributed by atoms with Gasteiger partial charge in [-0.2, -0.15) is 0 Å². The van der Waals surface area contributed by atoms with Crippen molar-refractivity contribution in [1.82, 2.24) is 0 Å². The van der Waals surface area contributed by atoms with Crippen molar-refractivity contribution in [3.05, 3.63) is 0 Å². The molecule has 0 amide bonds. The third-order valence-corrected chi connectivity index (χ3v) is 1.25. The van der Waals surface area contributed by atoms with Crippen molar-refractivity contribution in [2.75, 3.05) is 6.61 Å². The van der Waals surface area contributed by atoms with Gasteiger partial charge < -0.3 is 4.84 Å². The van der Waals surface area contributed by atoms with Gasteiger partial charge in [-0.15, -0.1) is 0 Å². The Morgan fingerprint density at radius 1 is 1.33 bits per heavy atom. The van der Waals surface area contributed by atoms with Gasteiger partial charge in [-0.1, -0.05) is 20.8 Å². The third kappa shape index (κ3) is 5.80. The van der Waals surface area contributed by atoms with Gasteiger partial charge >= 0.3 is 0 Å². The van der Waals surface area contributed by atoms with E-state index in [0.717, 1.165) is 5.92 Å². The maximum absolute atomic E-state index is 4.91. The van der Waals surface area contributed by atoms with Gasteiger partial charge in [0.05, 0.1) is 6.61 Å². The van der Waals surface area contributed by atoms with E-state index < -0.39 is 0 Å². The zero-order valence-electron chi connectivity index (χ0n) is 6.55. The molecule has 0 aliphatic heterocycles. The Morgan fingerprint density at radius 2 is 1.89 bits per heavy atom. The Labute approximate surface area is 57.3 Å².